The molecule has 6 nitrogen and oxygen atoms in total. The van der Waals surface area contributed by atoms with Crippen LogP contribution in [0.5, 0.6) is 0 Å². The third-order valence-corrected chi connectivity index (χ3v) is 3.50. The fourth-order valence-corrected chi connectivity index (χ4v) is 2.19. The first-order chi connectivity index (χ1) is 9.06. The molecule has 0 unspecified atom stereocenters. The van der Waals surface area contributed by atoms with E-state index < -0.39 is 0 Å². The highest BCUT2D eigenvalue weighted by molar-refractivity contribution is 6.02. The summed E-state index contributed by atoms with van der Waals surface area (Å²) < 4.78 is 5.54. The Morgan fingerprint density at radius 1 is 1.42 bits per heavy atom. The Bertz CT molecular complexity index is 519. The Balaban J connectivity index is 1.71. The molecule has 0 radical (unpaired) electrons. The van der Waals surface area contributed by atoms with Crippen LogP contribution in [0.25, 0.3) is 0 Å². The highest BCUT2D eigenvalue weighted by Crippen LogP contribution is 2.30. The van der Waals surface area contributed by atoms with Crippen LogP contribution in [-0.2, 0) is 11.3 Å². The molecule has 1 aliphatic carbocycles. The summed E-state index contributed by atoms with van der Waals surface area (Å²) in [5, 5.41) is 0. The molecule has 2 heterocycles. The van der Waals surface area contributed by atoms with Gasteiger partial charge in [0.05, 0.1) is 6.20 Å². The minimum absolute atomic E-state index is 0.133. The van der Waals surface area contributed by atoms with Gasteiger partial charge in [-0.25, -0.2) is 9.78 Å². The molecule has 0 atom stereocenters. The molecule has 2 aliphatic rings. The molecule has 1 saturated carbocycles. The number of imide groups is 1. The van der Waals surface area contributed by atoms with Crippen molar-refractivity contribution in [1.29, 1.82) is 0 Å². The number of urea groups is 1. The zero-order valence-corrected chi connectivity index (χ0v) is 11.1. The minimum Gasteiger partial charge on any atom is -0.443 e. The van der Waals surface area contributed by atoms with Gasteiger partial charge < -0.3 is 9.32 Å². The van der Waals surface area contributed by atoms with Gasteiger partial charge in [0, 0.05) is 12.0 Å². The largest absolute Gasteiger partial charge is 0.443 e. The first-order valence-electron chi connectivity index (χ1n) is 6.62. The predicted octanol–water partition coefficient (Wildman–Crippen LogP) is 1.72. The topological polar surface area (TPSA) is 66.7 Å². The van der Waals surface area contributed by atoms with Crippen LogP contribution in [0.15, 0.2) is 10.6 Å². The summed E-state index contributed by atoms with van der Waals surface area (Å²) in [5.74, 6) is 1.27. The Morgan fingerprint density at radius 3 is 2.74 bits per heavy atom. The summed E-state index contributed by atoms with van der Waals surface area (Å²) >= 11 is 0. The lowest BCUT2D eigenvalue weighted by atomic mass is 10.2. The average molecular weight is 263 g/mol. The molecule has 0 bridgehead atoms. The van der Waals surface area contributed by atoms with Crippen LogP contribution in [0.1, 0.15) is 44.3 Å². The molecule has 1 saturated heterocycles. The van der Waals surface area contributed by atoms with Crippen LogP contribution in [-0.4, -0.2) is 39.3 Å². The average Bonchev–Trinajstić information content (AvgIpc) is 3.03. The van der Waals surface area contributed by atoms with Gasteiger partial charge >= 0.3 is 6.03 Å². The molecule has 0 aromatic carbocycles. The lowest BCUT2D eigenvalue weighted by molar-refractivity contribution is -0.126. The minimum atomic E-state index is -0.211. The first kappa shape index (κ1) is 12.2. The molecule has 0 N–H and O–H groups in total. The molecule has 19 heavy (non-hydrogen) atoms. The lowest BCUT2D eigenvalue weighted by Crippen LogP contribution is -2.33. The van der Waals surface area contributed by atoms with E-state index in [0.717, 1.165) is 18.6 Å². The van der Waals surface area contributed by atoms with Crippen molar-refractivity contribution in [2.75, 3.05) is 6.54 Å². The third-order valence-electron chi connectivity index (χ3n) is 3.50. The summed E-state index contributed by atoms with van der Waals surface area (Å²) in [6.07, 6.45) is 3.66. The van der Waals surface area contributed by atoms with Crippen molar-refractivity contribution >= 4 is 11.9 Å². The molecule has 1 aliphatic heterocycles. The maximum absolute atomic E-state index is 12.1. The summed E-state index contributed by atoms with van der Waals surface area (Å²) in [7, 11) is 0. The molecular formula is C13H17N3O3. The maximum atomic E-state index is 12.1. The number of carbonyl (C=O) groups excluding carboxylic acids is 2. The normalized spacial score (nSPS) is 19.9. The van der Waals surface area contributed by atoms with Crippen molar-refractivity contribution < 1.29 is 14.0 Å². The molecule has 1 aromatic heterocycles. The van der Waals surface area contributed by atoms with Crippen LogP contribution in [0.3, 0.4) is 0 Å². The van der Waals surface area contributed by atoms with E-state index in [0.29, 0.717) is 5.89 Å². The second-order valence-electron chi connectivity index (χ2n) is 5.43. The Hall–Kier alpha value is -1.85. The fourth-order valence-electron chi connectivity index (χ4n) is 2.19. The molecule has 1 aromatic rings. The number of carbonyl (C=O) groups is 2. The molecule has 2 fully saturated rings. The predicted molar refractivity (Wildman–Crippen MR) is 66.3 cm³/mol. The van der Waals surface area contributed by atoms with Gasteiger partial charge in [-0.05, 0) is 12.8 Å². The molecule has 6 heteroatoms. The summed E-state index contributed by atoms with van der Waals surface area (Å²) in [4.78, 5) is 31.0. The van der Waals surface area contributed by atoms with Crippen LogP contribution < -0.4 is 0 Å². The Morgan fingerprint density at radius 2 is 2.16 bits per heavy atom. The number of aromatic nitrogens is 1. The van der Waals surface area contributed by atoms with E-state index in [1.807, 2.05) is 13.8 Å². The number of amides is 3. The smallest absolute Gasteiger partial charge is 0.327 e. The zero-order chi connectivity index (χ0) is 13.6. The van der Waals surface area contributed by atoms with Crippen molar-refractivity contribution in [2.45, 2.75) is 45.2 Å². The SMILES string of the molecule is CC(C)c1cnc(CN2C(=O)CN(C3CC3)C2=O)o1. The molecular weight excluding hydrogens is 246 g/mol. The Kier molecular flexibility index (Phi) is 2.80. The van der Waals surface area contributed by atoms with Crippen LogP contribution in [0.2, 0.25) is 0 Å². The van der Waals surface area contributed by atoms with Gasteiger partial charge in [0.15, 0.2) is 0 Å². The quantitative estimate of drug-likeness (QED) is 0.776. The monoisotopic (exact) mass is 263 g/mol. The standard InChI is InChI=1S/C13H17N3O3/c1-8(2)10-5-14-11(19-10)6-16-12(17)7-15(13(16)18)9-3-4-9/h5,8-9H,3-4,6-7H2,1-2H3. The van der Waals surface area contributed by atoms with Gasteiger partial charge in [-0.1, -0.05) is 13.8 Å². The number of nitrogens with zero attached hydrogens (tertiary/aromatic N) is 3. The molecule has 102 valence electrons. The van der Waals surface area contributed by atoms with E-state index >= 15 is 0 Å². The number of hydrogen-bond acceptors (Lipinski definition) is 4. The van der Waals surface area contributed by atoms with E-state index in [2.05, 4.69) is 4.98 Å². The Labute approximate surface area is 111 Å². The summed E-state index contributed by atoms with van der Waals surface area (Å²) in [6.45, 7) is 4.34. The highest BCUT2D eigenvalue weighted by Gasteiger charge is 2.44. The van der Waals surface area contributed by atoms with Gasteiger partial charge in [0.25, 0.3) is 5.91 Å². The van der Waals surface area contributed by atoms with Gasteiger partial charge in [-0.3, -0.25) is 9.69 Å². The molecule has 3 rings (SSSR count). The zero-order valence-electron chi connectivity index (χ0n) is 11.1. The van der Waals surface area contributed by atoms with Gasteiger partial charge in [-0.2, -0.15) is 0 Å². The van der Waals surface area contributed by atoms with Crippen molar-refractivity contribution in [2.24, 2.45) is 0 Å². The van der Waals surface area contributed by atoms with Crippen molar-refractivity contribution in [3.8, 4) is 0 Å². The van der Waals surface area contributed by atoms with Gasteiger partial charge in [0.2, 0.25) is 5.89 Å². The lowest BCUT2D eigenvalue weighted by Gasteiger charge is -2.14. The molecule has 0 spiro atoms. The van der Waals surface area contributed by atoms with E-state index in [9.17, 15) is 9.59 Å². The first-order valence-corrected chi connectivity index (χ1v) is 6.62. The van der Waals surface area contributed by atoms with Crippen molar-refractivity contribution in [3.63, 3.8) is 0 Å². The van der Waals surface area contributed by atoms with Gasteiger partial charge in [0.1, 0.15) is 18.8 Å². The number of rotatable bonds is 4. The van der Waals surface area contributed by atoms with Crippen molar-refractivity contribution in [1.82, 2.24) is 14.8 Å². The third kappa shape index (κ3) is 2.22. The second-order valence-corrected chi connectivity index (χ2v) is 5.43. The van der Waals surface area contributed by atoms with Crippen molar-refractivity contribution in [3.05, 3.63) is 17.8 Å². The van der Waals surface area contributed by atoms with E-state index in [1.54, 1.807) is 11.1 Å². The second kappa shape index (κ2) is 4.36. The van der Waals surface area contributed by atoms with E-state index in [-0.39, 0.29) is 37.0 Å². The highest BCUT2D eigenvalue weighted by atomic mass is 16.4. The summed E-state index contributed by atoms with van der Waals surface area (Å²) in [5.41, 5.74) is 0. The number of oxazole rings is 1. The van der Waals surface area contributed by atoms with Gasteiger partial charge in [-0.15, -0.1) is 0 Å². The molecule has 3 amide bonds. The van der Waals surface area contributed by atoms with E-state index in [1.165, 1.54) is 4.90 Å². The van der Waals surface area contributed by atoms with Crippen LogP contribution >= 0.6 is 0 Å². The fraction of sp³-hybridized carbons (Fsp3) is 0.615. The maximum Gasteiger partial charge on any atom is 0.327 e. The van der Waals surface area contributed by atoms with Crippen LogP contribution in [0, 0.1) is 0 Å². The van der Waals surface area contributed by atoms with Crippen LogP contribution in [0.4, 0.5) is 4.79 Å². The van der Waals surface area contributed by atoms with E-state index in [4.69, 9.17) is 4.42 Å². The number of hydrogen-bond donors (Lipinski definition) is 0. The summed E-state index contributed by atoms with van der Waals surface area (Å²) in [6, 6.07) is 0.0500.